The lowest BCUT2D eigenvalue weighted by Crippen LogP contribution is -2.51. The molecule has 4 rings (SSSR count). The predicted octanol–water partition coefficient (Wildman–Crippen LogP) is 3.39. The first-order valence-electron chi connectivity index (χ1n) is 8.76. The number of aliphatic hydroxyl groups is 1. The molecule has 1 N–H and O–H groups in total. The molecule has 1 saturated heterocycles. The summed E-state index contributed by atoms with van der Waals surface area (Å²) >= 11 is 1.74. The minimum absolute atomic E-state index is 0.0272. The van der Waals surface area contributed by atoms with Gasteiger partial charge < -0.3 is 9.92 Å². The first-order valence-corrected chi connectivity index (χ1v) is 9.64. The van der Waals surface area contributed by atoms with Crippen LogP contribution < -0.4 is 4.78 Å². The van der Waals surface area contributed by atoms with Crippen molar-refractivity contribution in [2.24, 2.45) is 0 Å². The molecule has 1 aliphatic heterocycles. The highest BCUT2D eigenvalue weighted by atomic mass is 32.1. The van der Waals surface area contributed by atoms with Crippen molar-refractivity contribution in [1.29, 1.82) is 0 Å². The van der Waals surface area contributed by atoms with Gasteiger partial charge in [0.15, 0.2) is 0 Å². The summed E-state index contributed by atoms with van der Waals surface area (Å²) in [5.41, 5.74) is 0.891. The van der Waals surface area contributed by atoms with Crippen LogP contribution >= 0.6 is 11.3 Å². The summed E-state index contributed by atoms with van der Waals surface area (Å²) in [6.45, 7) is 0.977. The fourth-order valence-electron chi connectivity index (χ4n) is 3.86. The fourth-order valence-corrected chi connectivity index (χ4v) is 4.52. The van der Waals surface area contributed by atoms with Gasteiger partial charge >= 0.3 is 0 Å². The fraction of sp³-hybridized carbons (Fsp3) is 0.238. The van der Waals surface area contributed by atoms with Gasteiger partial charge in [-0.15, -0.1) is 0 Å². The number of nitrogens with zero attached hydrogens (tertiary/aromatic N) is 1. The van der Waals surface area contributed by atoms with Gasteiger partial charge in [-0.1, -0.05) is 72.8 Å². The molecule has 1 aromatic heterocycles. The van der Waals surface area contributed by atoms with Crippen LogP contribution in [0.2, 0.25) is 0 Å². The van der Waals surface area contributed by atoms with Gasteiger partial charge in [-0.05, 0) is 40.7 Å². The van der Waals surface area contributed by atoms with Crippen LogP contribution in [-0.4, -0.2) is 29.9 Å². The quantitative estimate of drug-likeness (QED) is 0.716. The van der Waals surface area contributed by atoms with Gasteiger partial charge in [0.2, 0.25) is 0 Å². The predicted molar refractivity (Wildman–Crippen MR) is 105 cm³/mol. The molecule has 2 nitrogen and oxygen atoms in total. The zero-order valence-corrected chi connectivity index (χ0v) is 14.9. The topological polar surface area (TPSA) is 23.5 Å². The van der Waals surface area contributed by atoms with Crippen LogP contribution in [0.5, 0.6) is 0 Å². The Morgan fingerprint density at radius 2 is 1.56 bits per heavy atom. The van der Waals surface area contributed by atoms with Crippen LogP contribution in [0.25, 0.3) is 0 Å². The maximum absolute atomic E-state index is 12.0. The number of hydrogen-bond acceptors (Lipinski definition) is 3. The molecular formula is C21H21BNOS. The molecule has 0 bridgehead atoms. The van der Waals surface area contributed by atoms with Gasteiger partial charge in [-0.3, -0.25) is 0 Å². The molecule has 0 aliphatic carbocycles. The Kier molecular flexibility index (Phi) is 4.75. The summed E-state index contributed by atoms with van der Waals surface area (Å²) < 4.78 is 1.23. The van der Waals surface area contributed by atoms with E-state index < -0.39 is 5.60 Å². The molecule has 4 heteroatoms. The van der Waals surface area contributed by atoms with Gasteiger partial charge in [0.25, 0.3) is 7.41 Å². The Morgan fingerprint density at radius 1 is 0.920 bits per heavy atom. The smallest absolute Gasteiger partial charge is 0.261 e. The summed E-state index contributed by atoms with van der Waals surface area (Å²) in [7, 11) is 2.21. The van der Waals surface area contributed by atoms with Crippen molar-refractivity contribution in [3.63, 3.8) is 0 Å². The summed E-state index contributed by atoms with van der Waals surface area (Å²) in [6.07, 6.45) is 2.07. The molecule has 1 atom stereocenters. The van der Waals surface area contributed by atoms with Crippen LogP contribution in [0.15, 0.2) is 78.2 Å². The van der Waals surface area contributed by atoms with Crippen LogP contribution in [0, 0.1) is 0 Å². The molecule has 3 aromatic rings. The summed E-state index contributed by atoms with van der Waals surface area (Å²) in [4.78, 5) is 2.33. The van der Waals surface area contributed by atoms with Crippen molar-refractivity contribution in [1.82, 2.24) is 4.81 Å². The maximum atomic E-state index is 12.0. The molecule has 125 valence electrons. The first kappa shape index (κ1) is 16.6. The standard InChI is InChI=1S/C21H21BNOS/c24-21(17-9-3-1-4-10-17,18-11-5-2-6-12-18)19-13-7-15-23(19)22-20-14-8-16-25-20/h1-6,8-12,14,16,19,24H,7,13,15H2. The van der Waals surface area contributed by atoms with Crippen LogP contribution in [0.1, 0.15) is 24.0 Å². The van der Waals surface area contributed by atoms with Gasteiger partial charge in [0, 0.05) is 6.04 Å². The lowest BCUT2D eigenvalue weighted by Gasteiger charge is -2.40. The van der Waals surface area contributed by atoms with E-state index in [1.807, 2.05) is 60.7 Å². The van der Waals surface area contributed by atoms with E-state index in [1.54, 1.807) is 11.3 Å². The maximum Gasteiger partial charge on any atom is 0.261 e. The van der Waals surface area contributed by atoms with E-state index in [0.717, 1.165) is 30.5 Å². The molecule has 1 aliphatic rings. The third-order valence-corrected chi connectivity index (χ3v) is 5.85. The lowest BCUT2D eigenvalue weighted by atomic mass is 9.76. The van der Waals surface area contributed by atoms with Crippen molar-refractivity contribution in [2.45, 2.75) is 24.5 Å². The Morgan fingerprint density at radius 3 is 2.12 bits per heavy atom. The highest BCUT2D eigenvalue weighted by Gasteiger charge is 2.45. The van der Waals surface area contributed by atoms with Crippen molar-refractivity contribution in [3.05, 3.63) is 89.3 Å². The highest BCUT2D eigenvalue weighted by molar-refractivity contribution is 7.19. The number of benzene rings is 2. The Balaban J connectivity index is 1.75. The number of rotatable bonds is 5. The SMILES string of the molecule is OC(c1ccccc1)(c1ccccc1)C1CCCN1[B]c1cccs1. The molecule has 0 amide bonds. The summed E-state index contributed by atoms with van der Waals surface area (Å²) in [6, 6.07) is 24.4. The number of thiophene rings is 1. The number of hydrogen-bond donors (Lipinski definition) is 1. The highest BCUT2D eigenvalue weighted by Crippen LogP contribution is 2.39. The van der Waals surface area contributed by atoms with E-state index >= 15 is 0 Å². The molecule has 2 heterocycles. The van der Waals surface area contributed by atoms with Crippen molar-refractivity contribution < 1.29 is 5.11 Å². The van der Waals surface area contributed by atoms with Gasteiger partial charge in [-0.2, -0.15) is 11.3 Å². The van der Waals surface area contributed by atoms with E-state index in [4.69, 9.17) is 0 Å². The second-order valence-electron chi connectivity index (χ2n) is 6.54. The van der Waals surface area contributed by atoms with Crippen LogP contribution in [-0.2, 0) is 5.60 Å². The average molecular weight is 346 g/mol. The second-order valence-corrected chi connectivity index (χ2v) is 7.52. The third-order valence-electron chi connectivity index (χ3n) is 5.04. The summed E-state index contributed by atoms with van der Waals surface area (Å²) in [5.74, 6) is 0. The first-order chi connectivity index (χ1) is 12.3. The molecular weight excluding hydrogens is 325 g/mol. The van der Waals surface area contributed by atoms with Crippen molar-refractivity contribution in [2.75, 3.05) is 6.54 Å². The van der Waals surface area contributed by atoms with Gasteiger partial charge in [-0.25, -0.2) is 0 Å². The molecule has 25 heavy (non-hydrogen) atoms. The van der Waals surface area contributed by atoms with Crippen molar-refractivity contribution >= 4 is 23.5 Å². The van der Waals surface area contributed by atoms with E-state index in [-0.39, 0.29) is 6.04 Å². The minimum Gasteiger partial charge on any atom is -0.379 e. The molecule has 1 unspecified atom stereocenters. The van der Waals surface area contributed by atoms with E-state index in [9.17, 15) is 5.11 Å². The lowest BCUT2D eigenvalue weighted by molar-refractivity contribution is 0.0202. The van der Waals surface area contributed by atoms with Crippen LogP contribution in [0.4, 0.5) is 0 Å². The molecule has 2 aromatic carbocycles. The average Bonchev–Trinajstić information content (AvgIpc) is 3.35. The van der Waals surface area contributed by atoms with E-state index in [0.29, 0.717) is 0 Å². The Hall–Kier alpha value is -1.88. The zero-order chi connectivity index (χ0) is 17.1. The van der Waals surface area contributed by atoms with E-state index in [2.05, 4.69) is 29.7 Å². The minimum atomic E-state index is -1.02. The molecule has 1 fully saturated rings. The second kappa shape index (κ2) is 7.16. The third kappa shape index (κ3) is 3.18. The Bertz CT molecular complexity index is 752. The van der Waals surface area contributed by atoms with Crippen molar-refractivity contribution in [3.8, 4) is 0 Å². The molecule has 0 saturated carbocycles. The zero-order valence-electron chi connectivity index (χ0n) is 14.1. The molecule has 1 radical (unpaired) electrons. The van der Waals surface area contributed by atoms with Gasteiger partial charge in [0.05, 0.1) is 0 Å². The van der Waals surface area contributed by atoms with Crippen LogP contribution in [0.3, 0.4) is 0 Å². The summed E-state index contributed by atoms with van der Waals surface area (Å²) in [5, 5.41) is 14.1. The molecule has 0 spiro atoms. The largest absolute Gasteiger partial charge is 0.379 e. The normalized spacial score (nSPS) is 18.4. The monoisotopic (exact) mass is 346 g/mol. The van der Waals surface area contributed by atoms with Gasteiger partial charge in [0.1, 0.15) is 5.60 Å². The Labute approximate surface area is 154 Å². The van der Waals surface area contributed by atoms with E-state index in [1.165, 1.54) is 4.78 Å².